The summed E-state index contributed by atoms with van der Waals surface area (Å²) in [4.78, 5) is 1.56. The molecule has 1 nitrogen and oxygen atoms in total. The topological polar surface area (TPSA) is 12.0 Å². The molecule has 1 fully saturated rings. The summed E-state index contributed by atoms with van der Waals surface area (Å²) in [6, 6.07) is 20.0. The zero-order chi connectivity index (χ0) is 15.0. The van der Waals surface area contributed by atoms with Gasteiger partial charge in [-0.15, -0.1) is 11.3 Å². The maximum atomic E-state index is 3.37. The van der Waals surface area contributed by atoms with Gasteiger partial charge >= 0.3 is 0 Å². The maximum Gasteiger partial charge on any atom is 0.0132 e. The van der Waals surface area contributed by atoms with E-state index in [9.17, 15) is 0 Å². The number of rotatable bonds is 5. The van der Waals surface area contributed by atoms with Gasteiger partial charge < -0.3 is 5.32 Å². The highest BCUT2D eigenvalue weighted by molar-refractivity contribution is 7.10. The quantitative estimate of drug-likeness (QED) is 0.725. The third-order valence-corrected chi connectivity index (χ3v) is 6.17. The first kappa shape index (κ1) is 14.0. The lowest BCUT2D eigenvalue weighted by molar-refractivity contribution is 0.583. The van der Waals surface area contributed by atoms with Crippen LogP contribution in [0.2, 0.25) is 0 Å². The lowest BCUT2D eigenvalue weighted by atomic mass is 9.89. The summed E-state index contributed by atoms with van der Waals surface area (Å²) < 4.78 is 0. The van der Waals surface area contributed by atoms with Crippen LogP contribution >= 0.6 is 11.3 Å². The SMILES string of the molecule is CNC[C@H]1C[C@@]1(Cc1cccc2ccccc12)c1cccs1. The highest BCUT2D eigenvalue weighted by Crippen LogP contribution is 2.57. The number of benzene rings is 2. The zero-order valence-electron chi connectivity index (χ0n) is 12.9. The first-order valence-electron chi connectivity index (χ1n) is 7.99. The van der Waals surface area contributed by atoms with Crippen LogP contribution in [-0.4, -0.2) is 13.6 Å². The van der Waals surface area contributed by atoms with Gasteiger partial charge in [0.1, 0.15) is 0 Å². The van der Waals surface area contributed by atoms with Crippen molar-refractivity contribution in [3.63, 3.8) is 0 Å². The van der Waals surface area contributed by atoms with E-state index in [0.717, 1.165) is 18.9 Å². The highest BCUT2D eigenvalue weighted by Gasteiger charge is 2.55. The van der Waals surface area contributed by atoms with Crippen LogP contribution in [0.15, 0.2) is 60.0 Å². The van der Waals surface area contributed by atoms with Crippen LogP contribution in [0.3, 0.4) is 0 Å². The van der Waals surface area contributed by atoms with Crippen molar-refractivity contribution in [1.29, 1.82) is 0 Å². The molecule has 2 aromatic carbocycles. The minimum atomic E-state index is 0.349. The molecule has 0 aliphatic heterocycles. The Morgan fingerprint density at radius 1 is 1.09 bits per heavy atom. The number of nitrogens with one attached hydrogen (secondary N) is 1. The van der Waals surface area contributed by atoms with Crippen LogP contribution in [0.4, 0.5) is 0 Å². The fourth-order valence-electron chi connectivity index (χ4n) is 3.85. The predicted octanol–water partition coefficient (Wildman–Crippen LogP) is 4.62. The summed E-state index contributed by atoms with van der Waals surface area (Å²) in [5.41, 5.74) is 1.84. The van der Waals surface area contributed by atoms with Gasteiger partial charge in [-0.25, -0.2) is 0 Å². The molecule has 0 amide bonds. The van der Waals surface area contributed by atoms with E-state index in [0.29, 0.717) is 5.41 Å². The summed E-state index contributed by atoms with van der Waals surface area (Å²) in [5.74, 6) is 0.759. The molecule has 2 heteroatoms. The second kappa shape index (κ2) is 5.53. The Morgan fingerprint density at radius 3 is 2.77 bits per heavy atom. The molecule has 2 atom stereocenters. The van der Waals surface area contributed by atoms with Gasteiger partial charge in [0.2, 0.25) is 0 Å². The molecule has 0 spiro atoms. The molecule has 0 radical (unpaired) electrons. The summed E-state index contributed by atoms with van der Waals surface area (Å²) in [7, 11) is 2.06. The third-order valence-electron chi connectivity index (χ3n) is 5.08. The van der Waals surface area contributed by atoms with Gasteiger partial charge in [0.15, 0.2) is 0 Å². The minimum absolute atomic E-state index is 0.349. The molecule has 112 valence electrons. The zero-order valence-corrected chi connectivity index (χ0v) is 13.7. The summed E-state index contributed by atoms with van der Waals surface area (Å²) >= 11 is 1.92. The van der Waals surface area contributed by atoms with Gasteiger partial charge in [-0.05, 0) is 60.1 Å². The monoisotopic (exact) mass is 307 g/mol. The first-order chi connectivity index (χ1) is 10.8. The van der Waals surface area contributed by atoms with Crippen LogP contribution in [0.1, 0.15) is 16.9 Å². The standard InChI is InChI=1S/C20H21NS/c1-21-14-17-13-20(17,19-10-5-11-22-19)12-16-8-4-7-15-6-2-3-9-18(15)16/h2-11,17,21H,12-14H2,1H3/t17-,20-/m1/s1. The number of thiophene rings is 1. The third kappa shape index (κ3) is 2.27. The molecular weight excluding hydrogens is 286 g/mol. The molecule has 1 heterocycles. The smallest absolute Gasteiger partial charge is 0.0132 e. The Labute approximate surface area is 136 Å². The fourth-order valence-corrected chi connectivity index (χ4v) is 4.87. The fraction of sp³-hybridized carbons (Fsp3) is 0.300. The Balaban J connectivity index is 1.73. The molecular formula is C20H21NS. The van der Waals surface area contributed by atoms with Crippen molar-refractivity contribution in [2.24, 2.45) is 5.92 Å². The van der Waals surface area contributed by atoms with E-state index in [-0.39, 0.29) is 0 Å². The molecule has 0 bridgehead atoms. The Morgan fingerprint density at radius 2 is 1.95 bits per heavy atom. The van der Waals surface area contributed by atoms with Gasteiger partial charge in [0.05, 0.1) is 0 Å². The summed E-state index contributed by atoms with van der Waals surface area (Å²) in [5, 5.41) is 8.36. The van der Waals surface area contributed by atoms with E-state index in [1.807, 2.05) is 11.3 Å². The molecule has 4 rings (SSSR count). The molecule has 1 aliphatic carbocycles. The van der Waals surface area contributed by atoms with Crippen molar-refractivity contribution in [2.75, 3.05) is 13.6 Å². The second-order valence-corrected chi connectivity index (χ2v) is 7.35. The predicted molar refractivity (Wildman–Crippen MR) is 95.7 cm³/mol. The van der Waals surface area contributed by atoms with Gasteiger partial charge in [-0.2, -0.15) is 0 Å². The summed E-state index contributed by atoms with van der Waals surface area (Å²) in [6.45, 7) is 1.11. The largest absolute Gasteiger partial charge is 0.319 e. The van der Waals surface area contributed by atoms with Crippen LogP contribution in [-0.2, 0) is 11.8 Å². The average Bonchev–Trinajstić information content (AvgIpc) is 2.99. The number of fused-ring (bicyclic) bond motifs is 1. The molecule has 0 saturated heterocycles. The van der Waals surface area contributed by atoms with Crippen LogP contribution in [0.25, 0.3) is 10.8 Å². The molecule has 1 N–H and O–H groups in total. The lowest BCUT2D eigenvalue weighted by Gasteiger charge is -2.18. The Kier molecular flexibility index (Phi) is 3.51. The maximum absolute atomic E-state index is 3.37. The molecule has 1 saturated carbocycles. The first-order valence-corrected chi connectivity index (χ1v) is 8.87. The van der Waals surface area contributed by atoms with Crippen molar-refractivity contribution in [3.8, 4) is 0 Å². The van der Waals surface area contributed by atoms with E-state index in [1.54, 1.807) is 4.88 Å². The van der Waals surface area contributed by atoms with Crippen molar-refractivity contribution in [2.45, 2.75) is 18.3 Å². The number of hydrogen-bond donors (Lipinski definition) is 1. The van der Waals surface area contributed by atoms with E-state index >= 15 is 0 Å². The van der Waals surface area contributed by atoms with E-state index in [2.05, 4.69) is 72.3 Å². The second-order valence-electron chi connectivity index (χ2n) is 6.41. The van der Waals surface area contributed by atoms with E-state index in [4.69, 9.17) is 0 Å². The van der Waals surface area contributed by atoms with E-state index in [1.165, 1.54) is 22.8 Å². The van der Waals surface area contributed by atoms with Crippen molar-refractivity contribution < 1.29 is 0 Å². The minimum Gasteiger partial charge on any atom is -0.319 e. The van der Waals surface area contributed by atoms with E-state index < -0.39 is 0 Å². The normalized spacial score (nSPS) is 23.8. The van der Waals surface area contributed by atoms with Gasteiger partial charge in [-0.1, -0.05) is 48.5 Å². The number of hydrogen-bond acceptors (Lipinski definition) is 2. The molecule has 0 unspecified atom stereocenters. The van der Waals surface area contributed by atoms with Crippen LogP contribution < -0.4 is 5.32 Å². The molecule has 1 aromatic heterocycles. The molecule has 22 heavy (non-hydrogen) atoms. The van der Waals surface area contributed by atoms with Crippen molar-refractivity contribution in [1.82, 2.24) is 5.32 Å². The molecule has 3 aromatic rings. The Bertz CT molecular complexity index is 772. The van der Waals surface area contributed by atoms with Crippen molar-refractivity contribution in [3.05, 3.63) is 70.4 Å². The summed E-state index contributed by atoms with van der Waals surface area (Å²) in [6.07, 6.45) is 2.46. The van der Waals surface area contributed by atoms with Crippen molar-refractivity contribution >= 4 is 22.1 Å². The lowest BCUT2D eigenvalue weighted by Crippen LogP contribution is -2.19. The molecule has 1 aliphatic rings. The Hall–Kier alpha value is -1.64. The van der Waals surface area contributed by atoms with Crippen LogP contribution in [0.5, 0.6) is 0 Å². The van der Waals surface area contributed by atoms with Gasteiger partial charge in [-0.3, -0.25) is 0 Å². The highest BCUT2D eigenvalue weighted by atomic mass is 32.1. The van der Waals surface area contributed by atoms with Gasteiger partial charge in [0, 0.05) is 10.3 Å². The van der Waals surface area contributed by atoms with Crippen LogP contribution in [0, 0.1) is 5.92 Å². The van der Waals surface area contributed by atoms with Gasteiger partial charge in [0.25, 0.3) is 0 Å². The average molecular weight is 307 g/mol.